The highest BCUT2D eigenvalue weighted by Crippen LogP contribution is 2.29. The van der Waals surface area contributed by atoms with Crippen LogP contribution in [0.3, 0.4) is 0 Å². The predicted octanol–water partition coefficient (Wildman–Crippen LogP) is -0.318. The lowest BCUT2D eigenvalue weighted by Crippen LogP contribution is -3.00. The van der Waals surface area contributed by atoms with Gasteiger partial charge in [0.1, 0.15) is 30.0 Å². The number of carbonyl (C=O) groups is 1. The van der Waals surface area contributed by atoms with E-state index in [0.717, 1.165) is 37.0 Å². The van der Waals surface area contributed by atoms with Gasteiger partial charge in [0.05, 0.1) is 56.2 Å². The minimum Gasteiger partial charge on any atom is -1.00 e. The van der Waals surface area contributed by atoms with Crippen LogP contribution in [0.4, 0.5) is 10.1 Å². The zero-order valence-electron chi connectivity index (χ0n) is 20.2. The minimum atomic E-state index is -0.279. The Kier molecular flexibility index (Phi) is 12.5. The van der Waals surface area contributed by atoms with Crippen molar-refractivity contribution in [3.05, 3.63) is 52.8 Å². The highest BCUT2D eigenvalue weighted by molar-refractivity contribution is 6.33. The minimum absolute atomic E-state index is 0. The van der Waals surface area contributed by atoms with Crippen molar-refractivity contribution in [3.63, 3.8) is 0 Å². The molecule has 1 aliphatic heterocycles. The molecule has 1 amide bonds. The normalized spacial score (nSPS) is 21.3. The number of quaternary nitrogens is 1. The van der Waals surface area contributed by atoms with Crippen LogP contribution in [-0.2, 0) is 4.74 Å². The number of carbonyl (C=O) groups excluding carboxylic acids is 1. The van der Waals surface area contributed by atoms with E-state index in [1.165, 1.54) is 25.3 Å². The molecule has 0 aliphatic carbocycles. The van der Waals surface area contributed by atoms with Crippen molar-refractivity contribution >= 4 is 23.2 Å². The van der Waals surface area contributed by atoms with Crippen LogP contribution in [0.15, 0.2) is 36.4 Å². The fourth-order valence-corrected chi connectivity index (χ4v) is 4.39. The van der Waals surface area contributed by atoms with Gasteiger partial charge in [-0.15, -0.1) is 0 Å². The van der Waals surface area contributed by atoms with Gasteiger partial charge in [-0.2, -0.15) is 0 Å². The fourth-order valence-electron chi connectivity index (χ4n) is 4.23. The smallest absolute Gasteiger partial charge is 0.255 e. The van der Waals surface area contributed by atoms with E-state index in [4.69, 9.17) is 31.5 Å². The number of anilines is 1. The average Bonchev–Trinajstić information content (AvgIpc) is 2.80. The van der Waals surface area contributed by atoms with Crippen LogP contribution >= 0.6 is 11.6 Å². The van der Waals surface area contributed by atoms with Gasteiger partial charge in [0.15, 0.2) is 0 Å². The number of ether oxygens (including phenoxy) is 3. The summed E-state index contributed by atoms with van der Waals surface area (Å²) in [4.78, 5) is 13.0. The number of piperidine rings is 1. The largest absolute Gasteiger partial charge is 1.00 e. The van der Waals surface area contributed by atoms with Crippen LogP contribution in [0.25, 0.3) is 0 Å². The molecular formula is C24H34ClFIN3O5. The molecule has 11 heteroatoms. The molecule has 1 unspecified atom stereocenters. The van der Waals surface area contributed by atoms with E-state index in [1.54, 1.807) is 25.3 Å². The molecule has 3 rings (SSSR count). The molecule has 0 saturated carbocycles. The first-order chi connectivity index (χ1) is 15.7. The molecule has 2 aromatic carbocycles. The summed E-state index contributed by atoms with van der Waals surface area (Å²) in [6.45, 7) is 3.11. The molecular weight excluding hydrogens is 592 g/mol. The molecule has 0 aromatic heterocycles. The van der Waals surface area contributed by atoms with Crippen molar-refractivity contribution in [1.82, 2.24) is 5.32 Å². The Bertz CT molecular complexity index is 969. The second-order valence-corrected chi connectivity index (χ2v) is 9.03. The van der Waals surface area contributed by atoms with Crippen molar-refractivity contribution in [3.8, 4) is 11.5 Å². The molecule has 1 saturated heterocycles. The Labute approximate surface area is 227 Å². The zero-order chi connectivity index (χ0) is 24.0. The third-order valence-electron chi connectivity index (χ3n) is 6.16. The molecule has 0 spiro atoms. The SMILES string of the molecule is COc1cc(N)c(Cl)cc1C(=O)N[C@@H]1CC[N+](C)(CCCOc2ccc(F)cc2)C[C@@H]1OC.O.[I-]. The first kappa shape index (κ1) is 31.2. The van der Waals surface area contributed by atoms with Crippen molar-refractivity contribution in [2.24, 2.45) is 0 Å². The Morgan fingerprint density at radius 1 is 1.26 bits per heavy atom. The van der Waals surface area contributed by atoms with E-state index in [-0.39, 0.29) is 53.3 Å². The number of nitrogens with one attached hydrogen (secondary N) is 1. The van der Waals surface area contributed by atoms with Crippen molar-refractivity contribution in [2.75, 3.05) is 53.2 Å². The number of hydrogen-bond donors (Lipinski definition) is 2. The molecule has 3 atom stereocenters. The number of benzene rings is 2. The first-order valence-electron chi connectivity index (χ1n) is 10.9. The van der Waals surface area contributed by atoms with E-state index in [0.29, 0.717) is 34.4 Å². The van der Waals surface area contributed by atoms with Gasteiger partial charge < -0.3 is 59.2 Å². The summed E-state index contributed by atoms with van der Waals surface area (Å²) in [6, 6.07) is 8.97. The number of halogens is 3. The van der Waals surface area contributed by atoms with E-state index in [2.05, 4.69) is 12.4 Å². The highest BCUT2D eigenvalue weighted by atomic mass is 127. The average molecular weight is 626 g/mol. The van der Waals surface area contributed by atoms with Gasteiger partial charge in [0, 0.05) is 26.0 Å². The number of likely N-dealkylation sites (tertiary alicyclic amines) is 1. The molecule has 0 bridgehead atoms. The Morgan fingerprint density at radius 2 is 1.94 bits per heavy atom. The van der Waals surface area contributed by atoms with Crippen molar-refractivity contribution < 1.29 is 57.3 Å². The molecule has 5 N–H and O–H groups in total. The standard InChI is InChI=1S/C24H31ClFN3O4.HI.H2O/c1-29(10-4-12-33-17-7-5-16(26)6-8-17)11-9-21(23(15-29)32-3)28-24(30)18-13-19(25)20(27)14-22(18)31-2;;/h5-8,13-14,21,23H,4,9-12,15H2,1-3H3,(H2-,27,28,30);1H;1H2/t21-,23+,29?;;/m1../s1. The molecule has 8 nitrogen and oxygen atoms in total. The summed E-state index contributed by atoms with van der Waals surface area (Å²) in [7, 11) is 5.34. The Morgan fingerprint density at radius 3 is 2.57 bits per heavy atom. The number of likely N-dealkylation sites (N-methyl/N-ethyl adjacent to an activating group) is 1. The summed E-state index contributed by atoms with van der Waals surface area (Å²) in [5, 5.41) is 3.39. The van der Waals surface area contributed by atoms with Gasteiger partial charge in [0.25, 0.3) is 5.91 Å². The number of methoxy groups -OCH3 is 2. The van der Waals surface area contributed by atoms with E-state index in [1.807, 2.05) is 0 Å². The third kappa shape index (κ3) is 8.35. The Balaban J connectivity index is 0.00000306. The number of amides is 1. The molecule has 35 heavy (non-hydrogen) atoms. The molecule has 1 aliphatic rings. The van der Waals surface area contributed by atoms with Crippen LogP contribution in [0.5, 0.6) is 11.5 Å². The number of nitrogens with zero attached hydrogens (tertiary/aromatic N) is 1. The van der Waals surface area contributed by atoms with E-state index < -0.39 is 0 Å². The summed E-state index contributed by atoms with van der Waals surface area (Å²) >= 11 is 6.11. The zero-order valence-corrected chi connectivity index (χ0v) is 23.1. The van der Waals surface area contributed by atoms with Gasteiger partial charge in [-0.25, -0.2) is 4.39 Å². The lowest BCUT2D eigenvalue weighted by molar-refractivity contribution is -0.917. The highest BCUT2D eigenvalue weighted by Gasteiger charge is 2.38. The van der Waals surface area contributed by atoms with Crippen LogP contribution < -0.4 is 44.5 Å². The lowest BCUT2D eigenvalue weighted by atomic mass is 9.98. The monoisotopic (exact) mass is 625 g/mol. The van der Waals surface area contributed by atoms with Crippen LogP contribution in [0.2, 0.25) is 5.02 Å². The first-order valence-corrected chi connectivity index (χ1v) is 11.3. The van der Waals surface area contributed by atoms with Gasteiger partial charge in [-0.1, -0.05) is 11.6 Å². The number of hydrogen-bond acceptors (Lipinski definition) is 5. The molecule has 1 fully saturated rings. The summed E-state index contributed by atoms with van der Waals surface area (Å²) in [6.07, 6.45) is 1.48. The van der Waals surface area contributed by atoms with E-state index >= 15 is 0 Å². The fraction of sp³-hybridized carbons (Fsp3) is 0.458. The molecule has 0 radical (unpaired) electrons. The molecule has 196 valence electrons. The number of nitrogen functional groups attached to an aromatic ring is 1. The van der Waals surface area contributed by atoms with Crippen molar-refractivity contribution in [1.29, 1.82) is 0 Å². The molecule has 1 heterocycles. The summed E-state index contributed by atoms with van der Waals surface area (Å²) in [5.74, 6) is 0.484. The Hall–Kier alpha value is -1.86. The predicted molar refractivity (Wildman–Crippen MR) is 130 cm³/mol. The van der Waals surface area contributed by atoms with Crippen LogP contribution in [0.1, 0.15) is 23.2 Å². The second-order valence-electron chi connectivity index (χ2n) is 8.62. The summed E-state index contributed by atoms with van der Waals surface area (Å²) in [5.41, 5.74) is 6.52. The van der Waals surface area contributed by atoms with Crippen LogP contribution in [-0.4, -0.2) is 75.5 Å². The summed E-state index contributed by atoms with van der Waals surface area (Å²) < 4.78 is 30.6. The maximum Gasteiger partial charge on any atom is 0.255 e. The number of rotatable bonds is 9. The second kappa shape index (κ2) is 14.0. The van der Waals surface area contributed by atoms with Gasteiger partial charge in [-0.3, -0.25) is 4.79 Å². The maximum atomic E-state index is 13.0. The van der Waals surface area contributed by atoms with Crippen molar-refractivity contribution in [2.45, 2.75) is 25.0 Å². The van der Waals surface area contributed by atoms with Gasteiger partial charge >= 0.3 is 0 Å². The van der Waals surface area contributed by atoms with Gasteiger partial charge in [0.2, 0.25) is 0 Å². The van der Waals surface area contributed by atoms with Gasteiger partial charge in [-0.05, 0) is 30.3 Å². The third-order valence-corrected chi connectivity index (χ3v) is 6.48. The quantitative estimate of drug-likeness (QED) is 0.172. The van der Waals surface area contributed by atoms with Crippen LogP contribution in [0, 0.1) is 5.82 Å². The lowest BCUT2D eigenvalue weighted by Gasteiger charge is -2.44. The maximum absolute atomic E-state index is 13.0. The molecule has 2 aromatic rings. The topological polar surface area (TPSA) is 114 Å². The number of nitrogens with two attached hydrogens (primary N) is 1. The van der Waals surface area contributed by atoms with E-state index in [9.17, 15) is 9.18 Å².